The maximum atomic E-state index is 4.66. The number of anilines is 1. The van der Waals surface area contributed by atoms with Crippen LogP contribution in [0.1, 0.15) is 44.1 Å². The van der Waals surface area contributed by atoms with E-state index in [0.717, 1.165) is 30.4 Å². The molecule has 1 fully saturated rings. The lowest BCUT2D eigenvalue weighted by atomic mass is 10.2. The van der Waals surface area contributed by atoms with Crippen LogP contribution in [0, 0.1) is 6.92 Å². The van der Waals surface area contributed by atoms with Gasteiger partial charge in [-0.3, -0.25) is 0 Å². The Morgan fingerprint density at radius 1 is 1.44 bits per heavy atom. The lowest BCUT2D eigenvalue weighted by molar-refractivity contribution is 0.595. The summed E-state index contributed by atoms with van der Waals surface area (Å²) in [7, 11) is 2.12. The number of nitrogens with zero attached hydrogens (tertiary/aromatic N) is 3. The quantitative estimate of drug-likeness (QED) is 0.886. The van der Waals surface area contributed by atoms with Crippen LogP contribution in [0.4, 0.5) is 5.82 Å². The summed E-state index contributed by atoms with van der Waals surface area (Å²) in [6.07, 6.45) is 2.56. The molecule has 0 spiro atoms. The van der Waals surface area contributed by atoms with E-state index in [1.165, 1.54) is 12.8 Å². The van der Waals surface area contributed by atoms with Gasteiger partial charge in [0.15, 0.2) is 0 Å². The van der Waals surface area contributed by atoms with Crippen molar-refractivity contribution >= 4 is 5.82 Å². The van der Waals surface area contributed by atoms with Gasteiger partial charge in [0.25, 0.3) is 0 Å². The Balaban J connectivity index is 2.10. The zero-order chi connectivity index (χ0) is 13.1. The molecule has 0 radical (unpaired) electrons. The Morgan fingerprint density at radius 3 is 2.83 bits per heavy atom. The lowest BCUT2D eigenvalue weighted by Crippen LogP contribution is -2.35. The van der Waals surface area contributed by atoms with Crippen molar-refractivity contribution in [3.63, 3.8) is 0 Å². The fourth-order valence-corrected chi connectivity index (χ4v) is 2.36. The summed E-state index contributed by atoms with van der Waals surface area (Å²) >= 11 is 0. The summed E-state index contributed by atoms with van der Waals surface area (Å²) in [6, 6.07) is 2.67. The minimum Gasteiger partial charge on any atom is -0.358 e. The first kappa shape index (κ1) is 13.3. The van der Waals surface area contributed by atoms with Gasteiger partial charge in [0.1, 0.15) is 11.6 Å². The van der Waals surface area contributed by atoms with Crippen molar-refractivity contribution in [2.45, 2.75) is 45.6 Å². The van der Waals surface area contributed by atoms with E-state index >= 15 is 0 Å². The molecule has 18 heavy (non-hydrogen) atoms. The summed E-state index contributed by atoms with van der Waals surface area (Å²) < 4.78 is 0. The fraction of sp³-hybridized carbons (Fsp3) is 0.714. The van der Waals surface area contributed by atoms with Gasteiger partial charge >= 0.3 is 0 Å². The van der Waals surface area contributed by atoms with Gasteiger partial charge < -0.3 is 10.2 Å². The van der Waals surface area contributed by atoms with Crippen LogP contribution in [0.5, 0.6) is 0 Å². The molecule has 1 aliphatic heterocycles. The maximum absolute atomic E-state index is 4.66. The zero-order valence-corrected chi connectivity index (χ0v) is 11.9. The van der Waals surface area contributed by atoms with Crippen molar-refractivity contribution in [3.8, 4) is 0 Å². The van der Waals surface area contributed by atoms with E-state index in [-0.39, 0.29) is 0 Å². The first-order chi connectivity index (χ1) is 8.56. The van der Waals surface area contributed by atoms with Crippen LogP contribution in [0.2, 0.25) is 0 Å². The van der Waals surface area contributed by atoms with Crippen molar-refractivity contribution < 1.29 is 0 Å². The molecule has 1 saturated heterocycles. The average molecular weight is 248 g/mol. The number of rotatable bonds is 4. The smallest absolute Gasteiger partial charge is 0.133 e. The van der Waals surface area contributed by atoms with Crippen molar-refractivity contribution in [1.82, 2.24) is 15.3 Å². The molecular formula is C14H24N4. The second kappa shape index (κ2) is 5.65. The van der Waals surface area contributed by atoms with E-state index in [2.05, 4.69) is 47.1 Å². The number of hydrogen-bond donors (Lipinski definition) is 1. The molecule has 100 valence electrons. The third kappa shape index (κ3) is 3.19. The summed E-state index contributed by atoms with van der Waals surface area (Å²) in [4.78, 5) is 11.4. The van der Waals surface area contributed by atoms with E-state index < -0.39 is 0 Å². The Kier molecular flexibility index (Phi) is 4.17. The number of nitrogens with one attached hydrogen (secondary N) is 1. The van der Waals surface area contributed by atoms with Crippen LogP contribution < -0.4 is 10.2 Å². The molecule has 0 aromatic carbocycles. The normalized spacial score (nSPS) is 19.5. The lowest BCUT2D eigenvalue weighted by Gasteiger charge is -2.23. The van der Waals surface area contributed by atoms with E-state index in [0.29, 0.717) is 12.0 Å². The molecular weight excluding hydrogens is 224 g/mol. The van der Waals surface area contributed by atoms with Crippen LogP contribution in [0.15, 0.2) is 6.07 Å². The summed E-state index contributed by atoms with van der Waals surface area (Å²) in [5, 5.41) is 3.52. The molecule has 4 nitrogen and oxygen atoms in total. The van der Waals surface area contributed by atoms with Crippen LogP contribution in [0.25, 0.3) is 0 Å². The van der Waals surface area contributed by atoms with Crippen LogP contribution in [-0.2, 0) is 0 Å². The van der Waals surface area contributed by atoms with Gasteiger partial charge in [-0.05, 0) is 26.3 Å². The molecule has 0 amide bonds. The van der Waals surface area contributed by atoms with Crippen molar-refractivity contribution in [2.75, 3.05) is 25.0 Å². The SMILES string of the molecule is Cc1cc(N(C)CC2CCCN2)nc(C(C)C)n1. The number of likely N-dealkylation sites (N-methyl/N-ethyl adjacent to an activating group) is 1. The second-order valence-electron chi connectivity index (χ2n) is 5.55. The zero-order valence-electron chi connectivity index (χ0n) is 11.9. The van der Waals surface area contributed by atoms with Gasteiger partial charge in [0.2, 0.25) is 0 Å². The van der Waals surface area contributed by atoms with Crippen LogP contribution in [0.3, 0.4) is 0 Å². The maximum Gasteiger partial charge on any atom is 0.133 e. The van der Waals surface area contributed by atoms with E-state index in [4.69, 9.17) is 0 Å². The molecule has 0 saturated carbocycles. The van der Waals surface area contributed by atoms with Crippen LogP contribution in [-0.4, -0.2) is 36.1 Å². The molecule has 4 heteroatoms. The highest BCUT2D eigenvalue weighted by molar-refractivity contribution is 5.39. The van der Waals surface area contributed by atoms with Gasteiger partial charge in [0, 0.05) is 37.3 Å². The Hall–Kier alpha value is -1.16. The highest BCUT2D eigenvalue weighted by Gasteiger charge is 2.17. The molecule has 1 aromatic rings. The Labute approximate surface area is 110 Å². The van der Waals surface area contributed by atoms with Crippen molar-refractivity contribution in [3.05, 3.63) is 17.6 Å². The average Bonchev–Trinajstić information content (AvgIpc) is 2.80. The van der Waals surface area contributed by atoms with Crippen LogP contribution >= 0.6 is 0 Å². The molecule has 1 atom stereocenters. The summed E-state index contributed by atoms with van der Waals surface area (Å²) in [6.45, 7) is 8.49. The second-order valence-corrected chi connectivity index (χ2v) is 5.55. The highest BCUT2D eigenvalue weighted by atomic mass is 15.2. The predicted octanol–water partition coefficient (Wildman–Crippen LogP) is 2.10. The molecule has 2 rings (SSSR count). The minimum absolute atomic E-state index is 0.377. The number of aryl methyl sites for hydroxylation is 1. The topological polar surface area (TPSA) is 41.0 Å². The molecule has 1 N–H and O–H groups in total. The molecule has 1 unspecified atom stereocenters. The van der Waals surface area contributed by atoms with E-state index in [9.17, 15) is 0 Å². The number of hydrogen-bond acceptors (Lipinski definition) is 4. The summed E-state index contributed by atoms with van der Waals surface area (Å²) in [5.74, 6) is 2.36. The first-order valence-electron chi connectivity index (χ1n) is 6.86. The highest BCUT2D eigenvalue weighted by Crippen LogP contribution is 2.17. The third-order valence-electron chi connectivity index (χ3n) is 3.42. The van der Waals surface area contributed by atoms with Crippen molar-refractivity contribution in [1.29, 1.82) is 0 Å². The number of aromatic nitrogens is 2. The van der Waals surface area contributed by atoms with Gasteiger partial charge in [0.05, 0.1) is 0 Å². The molecule has 2 heterocycles. The monoisotopic (exact) mass is 248 g/mol. The summed E-state index contributed by atoms with van der Waals surface area (Å²) in [5.41, 5.74) is 1.05. The van der Waals surface area contributed by atoms with Gasteiger partial charge in [-0.15, -0.1) is 0 Å². The molecule has 0 bridgehead atoms. The standard InChI is InChI=1S/C14H24N4/c1-10(2)14-16-11(3)8-13(17-14)18(4)9-12-6-5-7-15-12/h8,10,12,15H,5-7,9H2,1-4H3. The largest absolute Gasteiger partial charge is 0.358 e. The van der Waals surface area contributed by atoms with Crippen molar-refractivity contribution in [2.24, 2.45) is 0 Å². The first-order valence-corrected chi connectivity index (χ1v) is 6.86. The fourth-order valence-electron chi connectivity index (χ4n) is 2.36. The third-order valence-corrected chi connectivity index (χ3v) is 3.42. The predicted molar refractivity (Wildman–Crippen MR) is 75.2 cm³/mol. The van der Waals surface area contributed by atoms with Gasteiger partial charge in [-0.2, -0.15) is 0 Å². The van der Waals surface area contributed by atoms with E-state index in [1.807, 2.05) is 6.92 Å². The van der Waals surface area contributed by atoms with Gasteiger partial charge in [-0.1, -0.05) is 13.8 Å². The molecule has 1 aliphatic rings. The van der Waals surface area contributed by atoms with E-state index in [1.54, 1.807) is 0 Å². The Bertz CT molecular complexity index is 397. The van der Waals surface area contributed by atoms with Gasteiger partial charge in [-0.25, -0.2) is 9.97 Å². The minimum atomic E-state index is 0.377. The molecule has 0 aliphatic carbocycles. The molecule has 1 aromatic heterocycles. The Morgan fingerprint density at radius 2 is 2.22 bits per heavy atom.